The number of fused-ring (bicyclic) bond motifs is 1. The molecule has 1 saturated carbocycles. The van der Waals surface area contributed by atoms with E-state index in [0.29, 0.717) is 32.4 Å². The minimum atomic E-state index is -0.935. The first-order chi connectivity index (χ1) is 17.1. The predicted octanol–water partition coefficient (Wildman–Crippen LogP) is 1.47. The molecule has 1 saturated heterocycles. The van der Waals surface area contributed by atoms with Gasteiger partial charge in [-0.3, -0.25) is 19.7 Å². The van der Waals surface area contributed by atoms with Crippen molar-refractivity contribution >= 4 is 23.8 Å². The van der Waals surface area contributed by atoms with Crippen molar-refractivity contribution < 1.29 is 34.1 Å². The van der Waals surface area contributed by atoms with Crippen LogP contribution in [0.4, 0.5) is 0 Å². The van der Waals surface area contributed by atoms with E-state index >= 15 is 0 Å². The van der Waals surface area contributed by atoms with Crippen molar-refractivity contribution in [3.63, 3.8) is 0 Å². The van der Waals surface area contributed by atoms with Crippen LogP contribution >= 0.6 is 0 Å². The molecule has 11 nitrogen and oxygen atoms in total. The average Bonchev–Trinajstić information content (AvgIpc) is 3.23. The van der Waals surface area contributed by atoms with E-state index < -0.39 is 36.1 Å². The van der Waals surface area contributed by atoms with E-state index in [-0.39, 0.29) is 23.8 Å². The summed E-state index contributed by atoms with van der Waals surface area (Å²) in [6.07, 6.45) is 8.04. The lowest BCUT2D eigenvalue weighted by Crippen LogP contribution is -2.55. The van der Waals surface area contributed by atoms with E-state index in [2.05, 4.69) is 5.32 Å². The van der Waals surface area contributed by atoms with Crippen LogP contribution in [0.2, 0.25) is 0 Å². The number of hydrogen-bond donors (Lipinski definition) is 5. The highest BCUT2D eigenvalue weighted by Gasteiger charge is 2.48. The minimum Gasteiger partial charge on any atom is -0.480 e. The Morgan fingerprint density at radius 1 is 1.08 bits per heavy atom. The number of nitrogens with two attached hydrogens (primary N) is 2. The zero-order chi connectivity index (χ0) is 27.3. The Balaban J connectivity index is 0.000000548. The Kier molecular flexibility index (Phi) is 14.6. The van der Waals surface area contributed by atoms with Gasteiger partial charge in [0.1, 0.15) is 18.1 Å². The number of carboxylic acid groups (broad SMARTS) is 2. The van der Waals surface area contributed by atoms with Gasteiger partial charge in [-0.15, -0.1) is 0 Å². The number of aliphatic carboxylic acids is 2. The van der Waals surface area contributed by atoms with Gasteiger partial charge in [0.05, 0.1) is 12.6 Å². The number of esters is 1. The van der Waals surface area contributed by atoms with Crippen LogP contribution in [0.25, 0.3) is 0 Å². The van der Waals surface area contributed by atoms with E-state index in [1.165, 1.54) is 0 Å². The minimum absolute atomic E-state index is 0.00817. The molecule has 1 amide bonds. The summed E-state index contributed by atoms with van der Waals surface area (Å²) in [6, 6.07) is -2.64. The maximum absolute atomic E-state index is 13.1. The number of amides is 1. The molecule has 0 radical (unpaired) electrons. The number of nitrogens with zero attached hydrogens (tertiary/aromatic N) is 1. The van der Waals surface area contributed by atoms with Crippen molar-refractivity contribution in [2.45, 2.75) is 115 Å². The molecule has 1 heterocycles. The van der Waals surface area contributed by atoms with Crippen molar-refractivity contribution in [1.29, 1.82) is 0 Å². The number of carbonyl (C=O) groups is 4. The van der Waals surface area contributed by atoms with Crippen molar-refractivity contribution in [2.24, 2.45) is 17.4 Å². The number of hydrogen-bond acceptors (Lipinski definition) is 8. The Hall–Kier alpha value is -2.24. The lowest BCUT2D eigenvalue weighted by Gasteiger charge is -2.35. The van der Waals surface area contributed by atoms with Gasteiger partial charge in [0.25, 0.3) is 0 Å². The molecule has 0 aromatic heterocycles. The number of carbonyl (C=O) groups excluding carboxylic acids is 2. The first-order valence-electron chi connectivity index (χ1n) is 13.2. The van der Waals surface area contributed by atoms with Gasteiger partial charge in [0.2, 0.25) is 5.91 Å². The SMILES string of the molecule is CCC[C@H](N[C@@H](C)C(=O)N1[C@H](C(=O)O)C[C@@H]2CCCC[C@@H]21)C(=O)OCC.NCCCCC(N)C(=O)O. The van der Waals surface area contributed by atoms with Gasteiger partial charge < -0.3 is 31.3 Å². The van der Waals surface area contributed by atoms with Crippen molar-refractivity contribution in [3.8, 4) is 0 Å². The third kappa shape index (κ3) is 9.67. The molecule has 0 spiro atoms. The third-order valence-corrected chi connectivity index (χ3v) is 6.88. The summed E-state index contributed by atoms with van der Waals surface area (Å²) in [5.74, 6) is -2.18. The lowest BCUT2D eigenvalue weighted by molar-refractivity contribution is -0.152. The van der Waals surface area contributed by atoms with Crippen LogP contribution in [-0.4, -0.2) is 82.3 Å². The maximum atomic E-state index is 13.1. The Bertz CT molecular complexity index is 721. The smallest absolute Gasteiger partial charge is 0.326 e. The molecule has 1 aliphatic carbocycles. The van der Waals surface area contributed by atoms with Gasteiger partial charge >= 0.3 is 17.9 Å². The quantitative estimate of drug-likeness (QED) is 0.178. The largest absolute Gasteiger partial charge is 0.480 e. The normalized spacial score (nSPS) is 23.5. The molecule has 0 aromatic carbocycles. The highest BCUT2D eigenvalue weighted by Crippen LogP contribution is 2.40. The van der Waals surface area contributed by atoms with Gasteiger partial charge in [-0.25, -0.2) is 4.79 Å². The van der Waals surface area contributed by atoms with Crippen LogP contribution in [0.3, 0.4) is 0 Å². The molecule has 2 rings (SSSR count). The molecule has 0 aromatic rings. The average molecular weight is 515 g/mol. The molecule has 11 heteroatoms. The predicted molar refractivity (Wildman–Crippen MR) is 135 cm³/mol. The molecule has 208 valence electrons. The van der Waals surface area contributed by atoms with Crippen LogP contribution in [0.5, 0.6) is 0 Å². The molecule has 7 N–H and O–H groups in total. The number of likely N-dealkylation sites (tertiary alicyclic amines) is 1. The van der Waals surface area contributed by atoms with Crippen LogP contribution < -0.4 is 16.8 Å². The zero-order valence-corrected chi connectivity index (χ0v) is 22.0. The molecule has 0 bridgehead atoms. The lowest BCUT2D eigenvalue weighted by atomic mass is 9.84. The summed E-state index contributed by atoms with van der Waals surface area (Å²) in [5.41, 5.74) is 10.4. The molecular formula is C25H46N4O7. The summed E-state index contributed by atoms with van der Waals surface area (Å²) in [6.45, 7) is 6.32. The second-order valence-electron chi connectivity index (χ2n) is 9.66. The number of unbranched alkanes of at least 4 members (excludes halogenated alkanes) is 1. The monoisotopic (exact) mass is 514 g/mol. The van der Waals surface area contributed by atoms with Crippen LogP contribution in [0.15, 0.2) is 0 Å². The standard InChI is InChI=1S/C19H32N2O5.C6H14N2O2/c1-4-8-14(19(25)26-5-2)20-12(3)17(22)21-15-10-7-6-9-13(15)11-16(21)18(23)24;7-4-2-1-3-5(8)6(9)10/h12-16,20H,4-11H2,1-3H3,(H,23,24);5H,1-4,7-8H2,(H,9,10)/t12-,13-,14-,15-,16-;/m0./s1. The second kappa shape index (κ2) is 16.5. The molecular weight excluding hydrogens is 468 g/mol. The van der Waals surface area contributed by atoms with Gasteiger partial charge in [-0.2, -0.15) is 0 Å². The summed E-state index contributed by atoms with van der Waals surface area (Å²) in [4.78, 5) is 48.6. The molecule has 2 fully saturated rings. The fourth-order valence-corrected chi connectivity index (χ4v) is 5.03. The van der Waals surface area contributed by atoms with E-state index in [9.17, 15) is 24.3 Å². The summed E-state index contributed by atoms with van der Waals surface area (Å²) in [5, 5.41) is 21.0. The van der Waals surface area contributed by atoms with Gasteiger partial charge in [0.15, 0.2) is 0 Å². The number of carboxylic acids is 2. The van der Waals surface area contributed by atoms with Crippen molar-refractivity contribution in [1.82, 2.24) is 10.2 Å². The van der Waals surface area contributed by atoms with Crippen LogP contribution in [0.1, 0.15) is 85.0 Å². The molecule has 1 unspecified atom stereocenters. The molecule has 1 aliphatic heterocycles. The maximum Gasteiger partial charge on any atom is 0.326 e. The fourth-order valence-electron chi connectivity index (χ4n) is 5.03. The topological polar surface area (TPSA) is 185 Å². The Morgan fingerprint density at radius 3 is 2.31 bits per heavy atom. The number of rotatable bonds is 13. The molecule has 6 atom stereocenters. The van der Waals surface area contributed by atoms with Gasteiger partial charge in [-0.1, -0.05) is 32.6 Å². The highest BCUT2D eigenvalue weighted by atomic mass is 16.5. The third-order valence-electron chi connectivity index (χ3n) is 6.88. The Labute approximate surface area is 214 Å². The van der Waals surface area contributed by atoms with Gasteiger partial charge in [0, 0.05) is 6.04 Å². The second-order valence-corrected chi connectivity index (χ2v) is 9.66. The molecule has 2 aliphatic rings. The highest BCUT2D eigenvalue weighted by molar-refractivity contribution is 5.88. The van der Waals surface area contributed by atoms with Crippen molar-refractivity contribution in [2.75, 3.05) is 13.2 Å². The first kappa shape index (κ1) is 31.8. The van der Waals surface area contributed by atoms with Crippen molar-refractivity contribution in [3.05, 3.63) is 0 Å². The van der Waals surface area contributed by atoms with E-state index in [4.69, 9.17) is 21.3 Å². The summed E-state index contributed by atoms with van der Waals surface area (Å²) in [7, 11) is 0. The van der Waals surface area contributed by atoms with Crippen LogP contribution in [0, 0.1) is 5.92 Å². The molecule has 36 heavy (non-hydrogen) atoms. The summed E-state index contributed by atoms with van der Waals surface area (Å²) < 4.78 is 5.09. The number of ether oxygens (including phenoxy) is 1. The first-order valence-corrected chi connectivity index (χ1v) is 13.2. The van der Waals surface area contributed by atoms with Gasteiger partial charge in [-0.05, 0) is 64.8 Å². The van der Waals surface area contributed by atoms with Crippen LogP contribution in [-0.2, 0) is 23.9 Å². The Morgan fingerprint density at radius 2 is 1.75 bits per heavy atom. The van der Waals surface area contributed by atoms with E-state index in [1.54, 1.807) is 18.7 Å². The van der Waals surface area contributed by atoms with E-state index in [0.717, 1.165) is 44.9 Å². The van der Waals surface area contributed by atoms with E-state index in [1.807, 2.05) is 6.92 Å². The number of nitrogens with one attached hydrogen (secondary N) is 1. The zero-order valence-electron chi connectivity index (χ0n) is 22.0. The fraction of sp³-hybridized carbons (Fsp3) is 0.840. The summed E-state index contributed by atoms with van der Waals surface area (Å²) >= 11 is 0.